The van der Waals surface area contributed by atoms with Crippen LogP contribution >= 0.6 is 12.2 Å². The van der Waals surface area contributed by atoms with Crippen molar-refractivity contribution in [1.82, 2.24) is 4.98 Å². The molecular formula is C13H19N3S. The van der Waals surface area contributed by atoms with Crippen molar-refractivity contribution in [3.05, 3.63) is 24.0 Å². The Labute approximate surface area is 108 Å². The standard InChI is InChI=1S/C13H19N3S/c1-13(6-3-2-4-7-13)16-11-9-15-8-5-10(11)12(14)17/h5,8-9,16H,2-4,6-7H2,1H3,(H2,14,17). The summed E-state index contributed by atoms with van der Waals surface area (Å²) in [5.74, 6) is 0. The van der Waals surface area contributed by atoms with Gasteiger partial charge in [-0.15, -0.1) is 0 Å². The monoisotopic (exact) mass is 249 g/mol. The van der Waals surface area contributed by atoms with Gasteiger partial charge in [-0.05, 0) is 25.8 Å². The average Bonchev–Trinajstić information content (AvgIpc) is 2.29. The molecule has 3 N–H and O–H groups in total. The second-order valence-electron chi connectivity index (χ2n) is 5.03. The summed E-state index contributed by atoms with van der Waals surface area (Å²) in [6.07, 6.45) is 9.83. The van der Waals surface area contributed by atoms with Crippen LogP contribution in [-0.2, 0) is 0 Å². The zero-order valence-corrected chi connectivity index (χ0v) is 11.0. The van der Waals surface area contributed by atoms with Crippen molar-refractivity contribution < 1.29 is 0 Å². The third kappa shape index (κ3) is 2.94. The lowest BCUT2D eigenvalue weighted by molar-refractivity contribution is 0.349. The molecule has 0 aliphatic heterocycles. The number of hydrogen-bond donors (Lipinski definition) is 2. The fraction of sp³-hybridized carbons (Fsp3) is 0.538. The Balaban J connectivity index is 2.20. The Morgan fingerprint density at radius 2 is 2.12 bits per heavy atom. The third-order valence-corrected chi connectivity index (χ3v) is 3.70. The third-order valence-electron chi connectivity index (χ3n) is 3.48. The first-order valence-electron chi connectivity index (χ1n) is 6.13. The van der Waals surface area contributed by atoms with Crippen LogP contribution in [-0.4, -0.2) is 15.5 Å². The molecule has 1 fully saturated rings. The Hall–Kier alpha value is -1.16. The van der Waals surface area contributed by atoms with Gasteiger partial charge in [0.1, 0.15) is 4.99 Å². The molecule has 92 valence electrons. The van der Waals surface area contributed by atoms with Gasteiger partial charge in [-0.3, -0.25) is 4.98 Å². The summed E-state index contributed by atoms with van der Waals surface area (Å²) in [6, 6.07) is 1.87. The number of hydrogen-bond acceptors (Lipinski definition) is 3. The minimum absolute atomic E-state index is 0.154. The molecule has 17 heavy (non-hydrogen) atoms. The van der Waals surface area contributed by atoms with Crippen LogP contribution in [0.4, 0.5) is 5.69 Å². The summed E-state index contributed by atoms with van der Waals surface area (Å²) in [6.45, 7) is 2.27. The van der Waals surface area contributed by atoms with E-state index in [-0.39, 0.29) is 5.54 Å². The van der Waals surface area contributed by atoms with Gasteiger partial charge < -0.3 is 11.1 Å². The van der Waals surface area contributed by atoms with Crippen LogP contribution in [0.5, 0.6) is 0 Å². The Kier molecular flexibility index (Phi) is 3.62. The summed E-state index contributed by atoms with van der Waals surface area (Å²) in [4.78, 5) is 4.57. The molecule has 0 spiro atoms. The van der Waals surface area contributed by atoms with Crippen LogP contribution in [0.1, 0.15) is 44.6 Å². The molecule has 1 aliphatic carbocycles. The summed E-state index contributed by atoms with van der Waals surface area (Å²) in [7, 11) is 0. The number of nitrogens with zero attached hydrogens (tertiary/aromatic N) is 1. The van der Waals surface area contributed by atoms with E-state index in [4.69, 9.17) is 18.0 Å². The smallest absolute Gasteiger partial charge is 0.106 e. The Morgan fingerprint density at radius 1 is 1.41 bits per heavy atom. The van der Waals surface area contributed by atoms with Crippen LogP contribution in [0.2, 0.25) is 0 Å². The van der Waals surface area contributed by atoms with Crippen LogP contribution in [0.25, 0.3) is 0 Å². The molecule has 1 aliphatic rings. The first kappa shape index (κ1) is 12.3. The van der Waals surface area contributed by atoms with Gasteiger partial charge in [-0.2, -0.15) is 0 Å². The molecule has 1 saturated carbocycles. The van der Waals surface area contributed by atoms with Gasteiger partial charge >= 0.3 is 0 Å². The lowest BCUT2D eigenvalue weighted by Crippen LogP contribution is -2.37. The first-order valence-corrected chi connectivity index (χ1v) is 6.54. The maximum atomic E-state index is 5.73. The van der Waals surface area contributed by atoms with Crippen molar-refractivity contribution in [3.63, 3.8) is 0 Å². The maximum Gasteiger partial charge on any atom is 0.106 e. The second kappa shape index (κ2) is 5.00. The van der Waals surface area contributed by atoms with E-state index in [2.05, 4.69) is 17.2 Å². The molecule has 0 bridgehead atoms. The van der Waals surface area contributed by atoms with Gasteiger partial charge in [0.25, 0.3) is 0 Å². The number of thiocarbonyl (C=S) groups is 1. The highest BCUT2D eigenvalue weighted by Gasteiger charge is 2.27. The predicted molar refractivity (Wildman–Crippen MR) is 75.2 cm³/mol. The van der Waals surface area contributed by atoms with Crippen LogP contribution in [0.3, 0.4) is 0 Å². The van der Waals surface area contributed by atoms with Crippen molar-refractivity contribution in [3.8, 4) is 0 Å². The molecule has 0 amide bonds. The highest BCUT2D eigenvalue weighted by Crippen LogP contribution is 2.31. The molecule has 4 heteroatoms. The number of rotatable bonds is 3. The minimum Gasteiger partial charge on any atom is -0.389 e. The predicted octanol–water partition coefficient (Wildman–Crippen LogP) is 2.85. The summed E-state index contributed by atoms with van der Waals surface area (Å²) >= 11 is 5.06. The molecule has 1 heterocycles. The molecule has 3 nitrogen and oxygen atoms in total. The van der Waals surface area contributed by atoms with Crippen molar-refractivity contribution in [2.45, 2.75) is 44.6 Å². The highest BCUT2D eigenvalue weighted by atomic mass is 32.1. The van der Waals surface area contributed by atoms with E-state index in [1.54, 1.807) is 6.20 Å². The quantitative estimate of drug-likeness (QED) is 0.809. The molecule has 0 aromatic carbocycles. The number of nitrogens with two attached hydrogens (primary N) is 1. The topological polar surface area (TPSA) is 50.9 Å². The van der Waals surface area contributed by atoms with E-state index in [0.717, 1.165) is 11.3 Å². The summed E-state index contributed by atoms with van der Waals surface area (Å²) in [5, 5.41) is 3.58. The lowest BCUT2D eigenvalue weighted by Gasteiger charge is -2.36. The molecule has 1 aromatic heterocycles. The number of nitrogens with one attached hydrogen (secondary N) is 1. The van der Waals surface area contributed by atoms with Crippen molar-refractivity contribution >= 4 is 22.9 Å². The van der Waals surface area contributed by atoms with Crippen LogP contribution in [0, 0.1) is 0 Å². The van der Waals surface area contributed by atoms with Crippen molar-refractivity contribution in [2.75, 3.05) is 5.32 Å². The van der Waals surface area contributed by atoms with E-state index in [1.807, 2.05) is 12.3 Å². The molecule has 0 unspecified atom stereocenters. The molecular weight excluding hydrogens is 230 g/mol. The maximum absolute atomic E-state index is 5.73. The molecule has 2 rings (SSSR count). The zero-order valence-electron chi connectivity index (χ0n) is 10.2. The molecule has 1 aromatic rings. The highest BCUT2D eigenvalue weighted by molar-refractivity contribution is 7.80. The van der Waals surface area contributed by atoms with Gasteiger partial charge in [0, 0.05) is 17.3 Å². The fourth-order valence-corrected chi connectivity index (χ4v) is 2.67. The van der Waals surface area contributed by atoms with E-state index in [1.165, 1.54) is 32.1 Å². The number of pyridine rings is 1. The zero-order chi connectivity index (χ0) is 12.3. The van der Waals surface area contributed by atoms with Crippen molar-refractivity contribution in [2.24, 2.45) is 5.73 Å². The molecule has 0 atom stereocenters. The Bertz CT molecular complexity index is 411. The van der Waals surface area contributed by atoms with Gasteiger partial charge in [0.2, 0.25) is 0 Å². The lowest BCUT2D eigenvalue weighted by atomic mass is 9.83. The SMILES string of the molecule is CC1(Nc2cnccc2C(N)=S)CCCCC1. The molecule has 0 saturated heterocycles. The minimum atomic E-state index is 0.154. The normalized spacial score (nSPS) is 18.6. The Morgan fingerprint density at radius 3 is 2.76 bits per heavy atom. The largest absolute Gasteiger partial charge is 0.389 e. The van der Waals surface area contributed by atoms with E-state index >= 15 is 0 Å². The van der Waals surface area contributed by atoms with Crippen LogP contribution < -0.4 is 11.1 Å². The fourth-order valence-electron chi connectivity index (χ4n) is 2.49. The number of aromatic nitrogens is 1. The van der Waals surface area contributed by atoms with E-state index in [9.17, 15) is 0 Å². The average molecular weight is 249 g/mol. The van der Waals surface area contributed by atoms with Gasteiger partial charge in [-0.25, -0.2) is 0 Å². The van der Waals surface area contributed by atoms with Gasteiger partial charge in [0.05, 0.1) is 11.9 Å². The van der Waals surface area contributed by atoms with Gasteiger partial charge in [-0.1, -0.05) is 31.5 Å². The van der Waals surface area contributed by atoms with Crippen LogP contribution in [0.15, 0.2) is 18.5 Å². The summed E-state index contributed by atoms with van der Waals surface area (Å²) in [5.41, 5.74) is 7.73. The number of anilines is 1. The molecule has 0 radical (unpaired) electrons. The van der Waals surface area contributed by atoms with E-state index in [0.29, 0.717) is 4.99 Å². The van der Waals surface area contributed by atoms with E-state index < -0.39 is 0 Å². The van der Waals surface area contributed by atoms with Crippen molar-refractivity contribution in [1.29, 1.82) is 0 Å². The second-order valence-corrected chi connectivity index (χ2v) is 5.47. The van der Waals surface area contributed by atoms with Gasteiger partial charge in [0.15, 0.2) is 0 Å². The first-order chi connectivity index (χ1) is 8.11. The summed E-state index contributed by atoms with van der Waals surface area (Å²) < 4.78 is 0.